The maximum Gasteiger partial charge on any atom is 0.279 e. The van der Waals surface area contributed by atoms with Gasteiger partial charge >= 0.3 is 0 Å². The number of anilines is 2. The minimum atomic E-state index is -0.103. The Hall–Kier alpha value is -2.62. The second-order valence-corrected chi connectivity index (χ2v) is 6.45. The van der Waals surface area contributed by atoms with Crippen molar-refractivity contribution in [1.82, 2.24) is 0 Å². The largest absolute Gasteiger partial charge is 0.321 e. The maximum atomic E-state index is 12.3. The summed E-state index contributed by atoms with van der Waals surface area (Å²) in [6, 6.07) is 12.9. The Labute approximate surface area is 151 Å². The van der Waals surface area contributed by atoms with Gasteiger partial charge in [-0.15, -0.1) is 0 Å². The van der Waals surface area contributed by atoms with Crippen LogP contribution in [0.2, 0.25) is 5.02 Å². The molecule has 6 nitrogen and oxygen atoms in total. The van der Waals surface area contributed by atoms with Gasteiger partial charge < -0.3 is 10.2 Å². The highest BCUT2D eigenvalue weighted by Gasteiger charge is 2.27. The van der Waals surface area contributed by atoms with Gasteiger partial charge in [0, 0.05) is 11.1 Å². The topological polar surface area (TPSA) is 74.7 Å². The molecule has 0 aliphatic carbocycles. The summed E-state index contributed by atoms with van der Waals surface area (Å²) in [5, 5.41) is 12.4. The zero-order chi connectivity index (χ0) is 17.6. The van der Waals surface area contributed by atoms with Gasteiger partial charge in [-0.25, -0.2) is 4.98 Å². The van der Waals surface area contributed by atoms with Gasteiger partial charge in [0.25, 0.3) is 11.7 Å². The van der Waals surface area contributed by atoms with Gasteiger partial charge in [-0.2, -0.15) is 5.26 Å². The van der Waals surface area contributed by atoms with Crippen LogP contribution in [0.25, 0.3) is 0 Å². The lowest BCUT2D eigenvalue weighted by atomic mass is 10.2. The minimum Gasteiger partial charge on any atom is -0.321 e. The molecule has 1 amide bonds. The van der Waals surface area contributed by atoms with Crippen molar-refractivity contribution in [2.45, 2.75) is 0 Å². The molecule has 0 radical (unpaired) electrons. The highest BCUT2D eigenvalue weighted by molar-refractivity contribution is 6.31. The molecule has 1 saturated heterocycles. The number of aromatic nitrogens is 1. The molecule has 0 atom stereocenters. The van der Waals surface area contributed by atoms with E-state index in [0.717, 1.165) is 32.0 Å². The summed E-state index contributed by atoms with van der Waals surface area (Å²) in [6.07, 6.45) is 1.92. The van der Waals surface area contributed by atoms with Gasteiger partial charge in [0.1, 0.15) is 32.2 Å². The van der Waals surface area contributed by atoms with Crippen LogP contribution in [0.3, 0.4) is 0 Å². The highest BCUT2D eigenvalue weighted by Crippen LogP contribution is 2.20. The molecule has 1 fully saturated rings. The number of nitrogens with zero attached hydrogens (tertiary/aromatic N) is 2. The molecule has 1 aromatic carbocycles. The lowest BCUT2D eigenvalue weighted by molar-refractivity contribution is -0.892. The van der Waals surface area contributed by atoms with Crippen LogP contribution in [-0.4, -0.2) is 38.6 Å². The predicted molar refractivity (Wildman–Crippen MR) is 95.6 cm³/mol. The van der Waals surface area contributed by atoms with E-state index in [1.807, 2.05) is 18.3 Å². The molecular formula is C18H20ClN5O+2. The van der Waals surface area contributed by atoms with Gasteiger partial charge in [0.15, 0.2) is 6.54 Å². The van der Waals surface area contributed by atoms with Crippen molar-refractivity contribution in [3.8, 4) is 6.07 Å². The molecule has 0 unspecified atom stereocenters. The van der Waals surface area contributed by atoms with Crippen molar-refractivity contribution in [3.05, 3.63) is 53.2 Å². The summed E-state index contributed by atoms with van der Waals surface area (Å²) < 4.78 is 0. The Morgan fingerprint density at radius 3 is 2.80 bits per heavy atom. The van der Waals surface area contributed by atoms with E-state index in [2.05, 4.69) is 27.3 Å². The summed E-state index contributed by atoms with van der Waals surface area (Å²) in [5.74, 6) is 0.997. The number of H-pyrrole nitrogens is 1. The smallest absolute Gasteiger partial charge is 0.279 e. The first-order valence-corrected chi connectivity index (χ1v) is 8.58. The van der Waals surface area contributed by atoms with E-state index in [1.165, 1.54) is 4.90 Å². The van der Waals surface area contributed by atoms with Crippen LogP contribution >= 0.6 is 11.6 Å². The summed E-state index contributed by atoms with van der Waals surface area (Å²) in [4.78, 5) is 19.1. The number of rotatable bonds is 4. The molecule has 0 spiro atoms. The maximum absolute atomic E-state index is 12.3. The molecule has 7 heteroatoms. The normalized spacial score (nSPS) is 14.8. The van der Waals surface area contributed by atoms with E-state index in [1.54, 1.807) is 18.2 Å². The second-order valence-electron chi connectivity index (χ2n) is 6.01. The van der Waals surface area contributed by atoms with Crippen molar-refractivity contribution in [2.75, 3.05) is 42.9 Å². The van der Waals surface area contributed by atoms with Crippen LogP contribution in [0, 0.1) is 11.3 Å². The zero-order valence-electron chi connectivity index (χ0n) is 13.8. The van der Waals surface area contributed by atoms with E-state index in [4.69, 9.17) is 16.9 Å². The van der Waals surface area contributed by atoms with Crippen molar-refractivity contribution >= 4 is 29.0 Å². The molecule has 0 saturated carbocycles. The number of hydrogen-bond acceptors (Lipinski definition) is 3. The fraction of sp³-hybridized carbons (Fsp3) is 0.278. The van der Waals surface area contributed by atoms with Crippen LogP contribution in [-0.2, 0) is 4.79 Å². The number of carbonyl (C=O) groups excluding carboxylic acids is 1. The number of halogens is 1. The van der Waals surface area contributed by atoms with Crippen molar-refractivity contribution in [2.24, 2.45) is 0 Å². The van der Waals surface area contributed by atoms with E-state index in [-0.39, 0.29) is 5.91 Å². The second kappa shape index (κ2) is 7.97. The Bertz CT molecular complexity index is 782. The van der Waals surface area contributed by atoms with Gasteiger partial charge in [-0.05, 0) is 24.3 Å². The fourth-order valence-corrected chi connectivity index (χ4v) is 3.13. The van der Waals surface area contributed by atoms with E-state index < -0.39 is 0 Å². The number of pyridine rings is 1. The van der Waals surface area contributed by atoms with Crippen LogP contribution in [0.5, 0.6) is 0 Å². The van der Waals surface area contributed by atoms with Crippen molar-refractivity contribution < 1.29 is 14.7 Å². The lowest BCUT2D eigenvalue weighted by Gasteiger charge is -2.27. The Balaban J connectivity index is 1.53. The number of aromatic amines is 1. The van der Waals surface area contributed by atoms with Crippen molar-refractivity contribution in [1.29, 1.82) is 5.26 Å². The van der Waals surface area contributed by atoms with E-state index >= 15 is 0 Å². The van der Waals surface area contributed by atoms with E-state index in [9.17, 15) is 4.79 Å². The fourth-order valence-electron chi connectivity index (χ4n) is 2.96. The molecule has 25 heavy (non-hydrogen) atoms. The third kappa shape index (κ3) is 4.47. The first kappa shape index (κ1) is 17.2. The van der Waals surface area contributed by atoms with Gasteiger partial charge in [0.05, 0.1) is 17.4 Å². The zero-order valence-corrected chi connectivity index (χ0v) is 14.5. The van der Waals surface area contributed by atoms with E-state index in [0.29, 0.717) is 22.8 Å². The summed E-state index contributed by atoms with van der Waals surface area (Å²) >= 11 is 5.95. The first-order valence-electron chi connectivity index (χ1n) is 8.20. The molecule has 1 aliphatic rings. The van der Waals surface area contributed by atoms with Gasteiger partial charge in [-0.1, -0.05) is 17.7 Å². The predicted octanol–water partition coefficient (Wildman–Crippen LogP) is 0.369. The molecular weight excluding hydrogens is 338 g/mol. The minimum absolute atomic E-state index is 0.103. The van der Waals surface area contributed by atoms with Gasteiger partial charge in [-0.3, -0.25) is 9.69 Å². The Morgan fingerprint density at radius 1 is 1.32 bits per heavy atom. The number of nitriles is 1. The third-order valence-electron chi connectivity index (χ3n) is 4.29. The highest BCUT2D eigenvalue weighted by atomic mass is 35.5. The number of carbonyl (C=O) groups is 1. The average Bonchev–Trinajstić information content (AvgIpc) is 2.63. The monoisotopic (exact) mass is 357 g/mol. The standard InChI is InChI=1S/C18H18ClN5O/c19-15-5-4-14(12-20)16(11-15)22-18(25)13-23-7-9-24(10-8-23)17-3-1-2-6-21-17/h1-6,11H,7-10,13H2,(H,22,25)/p+2. The van der Waals surface area contributed by atoms with Crippen molar-refractivity contribution in [3.63, 3.8) is 0 Å². The SMILES string of the molecule is N#Cc1ccc(Cl)cc1NC(=O)C[NH+]1CCN(c2cccc[nH+]2)CC1. The molecule has 2 heterocycles. The number of piperazine rings is 1. The molecule has 1 aliphatic heterocycles. The Kier molecular flexibility index (Phi) is 5.49. The first-order chi connectivity index (χ1) is 12.2. The summed E-state index contributed by atoms with van der Waals surface area (Å²) in [7, 11) is 0. The molecule has 3 rings (SSSR count). The molecule has 2 aromatic rings. The number of nitrogens with one attached hydrogen (secondary N) is 3. The molecule has 1 aromatic heterocycles. The molecule has 3 N–H and O–H groups in total. The lowest BCUT2D eigenvalue weighted by Crippen LogP contribution is -3.15. The molecule has 128 valence electrons. The quantitative estimate of drug-likeness (QED) is 0.830. The van der Waals surface area contributed by atoms with Crippen LogP contribution < -0.4 is 20.1 Å². The van der Waals surface area contributed by atoms with Crippen LogP contribution in [0.4, 0.5) is 11.5 Å². The van der Waals surface area contributed by atoms with Gasteiger partial charge in [0.2, 0.25) is 0 Å². The van der Waals surface area contributed by atoms with Crippen LogP contribution in [0.15, 0.2) is 42.6 Å². The van der Waals surface area contributed by atoms with Crippen LogP contribution in [0.1, 0.15) is 5.56 Å². The number of quaternary nitrogens is 1. The number of benzene rings is 1. The Morgan fingerprint density at radius 2 is 2.12 bits per heavy atom. The number of hydrogen-bond donors (Lipinski definition) is 2. The third-order valence-corrected chi connectivity index (χ3v) is 4.53. The molecule has 0 bridgehead atoms. The summed E-state index contributed by atoms with van der Waals surface area (Å²) in [6.45, 7) is 3.94. The number of amides is 1. The average molecular weight is 358 g/mol. The summed E-state index contributed by atoms with van der Waals surface area (Å²) in [5.41, 5.74) is 0.883.